The number of nitrogens with one attached hydrogen (secondary N) is 1. The molecule has 1 saturated heterocycles. The van der Waals surface area contributed by atoms with E-state index in [1.165, 1.54) is 5.56 Å². The molecule has 1 aliphatic heterocycles. The Bertz CT molecular complexity index is 828. The van der Waals surface area contributed by atoms with Gasteiger partial charge < -0.3 is 24.6 Å². The van der Waals surface area contributed by atoms with Crippen molar-refractivity contribution in [3.8, 4) is 5.75 Å². The van der Waals surface area contributed by atoms with Gasteiger partial charge in [0.05, 0.1) is 25.9 Å². The van der Waals surface area contributed by atoms with Gasteiger partial charge in [-0.25, -0.2) is 9.98 Å². The van der Waals surface area contributed by atoms with E-state index in [1.54, 1.807) is 7.11 Å². The molecule has 0 aliphatic carbocycles. The number of nitrogens with zero attached hydrogens (tertiary/aromatic N) is 4. The minimum Gasteiger partial charge on any atom is -0.497 e. The van der Waals surface area contributed by atoms with E-state index >= 15 is 0 Å². The molecule has 1 aromatic carbocycles. The van der Waals surface area contributed by atoms with Crippen LogP contribution in [0.3, 0.4) is 0 Å². The van der Waals surface area contributed by atoms with Crippen LogP contribution in [0.2, 0.25) is 0 Å². The smallest absolute Gasteiger partial charge is 0.194 e. The third kappa shape index (κ3) is 6.59. The van der Waals surface area contributed by atoms with E-state index in [0.29, 0.717) is 6.54 Å². The summed E-state index contributed by atoms with van der Waals surface area (Å²) in [7, 11) is 3.73. The lowest BCUT2D eigenvalue weighted by molar-refractivity contribution is -0.00545. The van der Waals surface area contributed by atoms with Gasteiger partial charge in [0.25, 0.3) is 0 Å². The lowest BCUT2D eigenvalue weighted by Crippen LogP contribution is -2.45. The number of rotatable bonds is 7. The third-order valence-electron chi connectivity index (χ3n) is 5.24. The fourth-order valence-corrected chi connectivity index (χ4v) is 3.78. The number of aromatic nitrogens is 1. The summed E-state index contributed by atoms with van der Waals surface area (Å²) in [5.41, 5.74) is 2.29. The van der Waals surface area contributed by atoms with Crippen LogP contribution < -0.4 is 15.0 Å². The highest BCUT2D eigenvalue weighted by Gasteiger charge is 2.22. The normalized spacial score (nSPS) is 19.3. The SMILES string of the molecule is CCNC(=NCc1ccc(N2CC(C)OC(C)C2)nc1)N(C)Cc1ccc(OC)cc1. The van der Waals surface area contributed by atoms with Gasteiger partial charge in [0.2, 0.25) is 0 Å². The number of pyridine rings is 1. The highest BCUT2D eigenvalue weighted by Crippen LogP contribution is 2.19. The van der Waals surface area contributed by atoms with Crippen molar-refractivity contribution < 1.29 is 9.47 Å². The van der Waals surface area contributed by atoms with Crippen molar-refractivity contribution in [3.63, 3.8) is 0 Å². The minimum atomic E-state index is 0.221. The Morgan fingerprint density at radius 3 is 2.42 bits per heavy atom. The van der Waals surface area contributed by atoms with E-state index in [-0.39, 0.29) is 12.2 Å². The van der Waals surface area contributed by atoms with Crippen molar-refractivity contribution in [2.45, 2.75) is 46.1 Å². The fourth-order valence-electron chi connectivity index (χ4n) is 3.78. The molecule has 0 radical (unpaired) electrons. The van der Waals surface area contributed by atoms with Crippen molar-refractivity contribution in [3.05, 3.63) is 53.7 Å². The Morgan fingerprint density at radius 1 is 1.16 bits per heavy atom. The van der Waals surface area contributed by atoms with E-state index in [9.17, 15) is 0 Å². The summed E-state index contributed by atoms with van der Waals surface area (Å²) in [6.07, 6.45) is 2.37. The van der Waals surface area contributed by atoms with Crippen molar-refractivity contribution >= 4 is 11.8 Å². The predicted molar refractivity (Wildman–Crippen MR) is 126 cm³/mol. The number of hydrogen-bond donors (Lipinski definition) is 1. The molecule has 0 bridgehead atoms. The van der Waals surface area contributed by atoms with Crippen LogP contribution in [-0.2, 0) is 17.8 Å². The first kappa shape index (κ1) is 22.9. The first-order chi connectivity index (χ1) is 15.0. The molecule has 168 valence electrons. The number of methoxy groups -OCH3 is 1. The molecule has 0 saturated carbocycles. The van der Waals surface area contributed by atoms with Crippen LogP contribution in [-0.4, -0.2) is 61.8 Å². The molecule has 2 unspecified atom stereocenters. The lowest BCUT2D eigenvalue weighted by Gasteiger charge is -2.36. The average Bonchev–Trinajstić information content (AvgIpc) is 2.77. The second-order valence-electron chi connectivity index (χ2n) is 8.06. The van der Waals surface area contributed by atoms with Gasteiger partial charge in [-0.05, 0) is 50.1 Å². The Kier molecular flexibility index (Phi) is 8.12. The molecule has 31 heavy (non-hydrogen) atoms. The van der Waals surface area contributed by atoms with Crippen LogP contribution in [0.25, 0.3) is 0 Å². The van der Waals surface area contributed by atoms with E-state index in [0.717, 1.165) is 49.3 Å². The molecule has 2 aromatic rings. The minimum absolute atomic E-state index is 0.221. The van der Waals surface area contributed by atoms with Crippen LogP contribution in [0.5, 0.6) is 5.75 Å². The van der Waals surface area contributed by atoms with Crippen LogP contribution >= 0.6 is 0 Å². The van der Waals surface area contributed by atoms with Crippen LogP contribution in [0.15, 0.2) is 47.6 Å². The summed E-state index contributed by atoms with van der Waals surface area (Å²) in [6, 6.07) is 12.3. The third-order valence-corrected chi connectivity index (χ3v) is 5.24. The first-order valence-corrected chi connectivity index (χ1v) is 11.0. The Labute approximate surface area is 186 Å². The summed E-state index contributed by atoms with van der Waals surface area (Å²) in [6.45, 7) is 10.2. The maximum Gasteiger partial charge on any atom is 0.194 e. The number of guanidine groups is 1. The number of hydrogen-bond acceptors (Lipinski definition) is 5. The highest BCUT2D eigenvalue weighted by atomic mass is 16.5. The Hall–Kier alpha value is -2.80. The molecule has 1 aliphatic rings. The fraction of sp³-hybridized carbons (Fsp3) is 0.500. The topological polar surface area (TPSA) is 62.2 Å². The molecule has 7 nitrogen and oxygen atoms in total. The van der Waals surface area contributed by atoms with Gasteiger partial charge in [-0.15, -0.1) is 0 Å². The summed E-state index contributed by atoms with van der Waals surface area (Å²) >= 11 is 0. The van der Waals surface area contributed by atoms with Gasteiger partial charge in [0, 0.05) is 39.4 Å². The lowest BCUT2D eigenvalue weighted by atomic mass is 10.2. The van der Waals surface area contributed by atoms with Crippen molar-refractivity contribution in [2.24, 2.45) is 4.99 Å². The zero-order chi connectivity index (χ0) is 22.2. The molecule has 3 rings (SSSR count). The molecule has 1 fully saturated rings. The Balaban J connectivity index is 1.62. The van der Waals surface area contributed by atoms with Crippen molar-refractivity contribution in [2.75, 3.05) is 38.7 Å². The van der Waals surface area contributed by atoms with E-state index in [4.69, 9.17) is 14.5 Å². The average molecular weight is 426 g/mol. The van der Waals surface area contributed by atoms with Crippen molar-refractivity contribution in [1.82, 2.24) is 15.2 Å². The van der Waals surface area contributed by atoms with Gasteiger partial charge in [-0.2, -0.15) is 0 Å². The van der Waals surface area contributed by atoms with Crippen LogP contribution in [0, 0.1) is 0 Å². The molecule has 0 spiro atoms. The van der Waals surface area contributed by atoms with Gasteiger partial charge in [0.1, 0.15) is 11.6 Å². The van der Waals surface area contributed by atoms with Gasteiger partial charge >= 0.3 is 0 Å². The van der Waals surface area contributed by atoms with E-state index < -0.39 is 0 Å². The number of benzene rings is 1. The second kappa shape index (κ2) is 11.0. The molecule has 7 heteroatoms. The van der Waals surface area contributed by atoms with Gasteiger partial charge in [-0.3, -0.25) is 0 Å². The van der Waals surface area contributed by atoms with E-state index in [1.807, 2.05) is 25.4 Å². The number of morpholine rings is 1. The van der Waals surface area contributed by atoms with E-state index in [2.05, 4.69) is 65.1 Å². The van der Waals surface area contributed by atoms with Crippen LogP contribution in [0.4, 0.5) is 5.82 Å². The zero-order valence-corrected chi connectivity index (χ0v) is 19.3. The molecular formula is C24H35N5O2. The largest absolute Gasteiger partial charge is 0.497 e. The number of anilines is 1. The monoisotopic (exact) mass is 425 g/mol. The standard InChI is InChI=1S/C24H35N5O2/c1-6-25-24(28(4)17-20-7-10-22(30-5)11-8-20)27-14-21-9-12-23(26-13-21)29-15-18(2)31-19(3)16-29/h7-13,18-19H,6,14-17H2,1-5H3,(H,25,27). The number of ether oxygens (including phenoxy) is 2. The van der Waals surface area contributed by atoms with Crippen LogP contribution in [0.1, 0.15) is 31.9 Å². The summed E-state index contributed by atoms with van der Waals surface area (Å²) in [5.74, 6) is 2.74. The molecule has 0 amide bonds. The Morgan fingerprint density at radius 2 is 1.84 bits per heavy atom. The quantitative estimate of drug-likeness (QED) is 0.543. The highest BCUT2D eigenvalue weighted by molar-refractivity contribution is 5.79. The summed E-state index contributed by atoms with van der Waals surface area (Å²) in [4.78, 5) is 13.9. The predicted octanol–water partition coefficient (Wildman–Crippen LogP) is 3.30. The number of aliphatic imine (C=N–C) groups is 1. The maximum absolute atomic E-state index is 5.82. The van der Waals surface area contributed by atoms with Gasteiger partial charge in [0.15, 0.2) is 5.96 Å². The summed E-state index contributed by atoms with van der Waals surface area (Å²) < 4.78 is 11.1. The molecule has 1 aromatic heterocycles. The van der Waals surface area contributed by atoms with Gasteiger partial charge in [-0.1, -0.05) is 18.2 Å². The molecule has 1 N–H and O–H groups in total. The first-order valence-electron chi connectivity index (χ1n) is 11.0. The molecule has 2 atom stereocenters. The van der Waals surface area contributed by atoms with Crippen molar-refractivity contribution in [1.29, 1.82) is 0 Å². The zero-order valence-electron chi connectivity index (χ0n) is 19.3. The molecule has 2 heterocycles. The summed E-state index contributed by atoms with van der Waals surface area (Å²) in [5, 5.41) is 3.38. The molecular weight excluding hydrogens is 390 g/mol. The second-order valence-corrected chi connectivity index (χ2v) is 8.06. The maximum atomic E-state index is 5.82.